The van der Waals surface area contributed by atoms with E-state index in [2.05, 4.69) is 15.2 Å². The van der Waals surface area contributed by atoms with E-state index in [0.717, 1.165) is 24.7 Å². The van der Waals surface area contributed by atoms with Crippen LogP contribution in [-0.4, -0.2) is 31.0 Å². The molecule has 1 aliphatic heterocycles. The molecule has 0 saturated carbocycles. The van der Waals surface area contributed by atoms with Crippen molar-refractivity contribution < 1.29 is 0 Å². The molecule has 1 aromatic carbocycles. The average Bonchev–Trinajstić information content (AvgIpc) is 2.54. The number of nitrogens with one attached hydrogen (secondary N) is 1. The van der Waals surface area contributed by atoms with Crippen molar-refractivity contribution >= 4 is 11.6 Å². The van der Waals surface area contributed by atoms with Crippen LogP contribution >= 0.6 is 0 Å². The fraction of sp³-hybridized carbons (Fsp3) is 0.300. The van der Waals surface area contributed by atoms with E-state index in [-0.39, 0.29) is 0 Å². The quantitative estimate of drug-likeness (QED) is 0.698. The molecule has 0 unspecified atom stereocenters. The monoisotopic (exact) mass is 175 g/mol. The average molecular weight is 175 g/mol. The summed E-state index contributed by atoms with van der Waals surface area (Å²) in [6, 6.07) is 10.1. The molecule has 1 aliphatic rings. The highest BCUT2D eigenvalue weighted by Crippen LogP contribution is 2.07. The van der Waals surface area contributed by atoms with E-state index in [9.17, 15) is 0 Å². The van der Waals surface area contributed by atoms with Gasteiger partial charge in [0, 0.05) is 19.3 Å². The molecule has 1 N–H and O–H groups in total. The highest BCUT2D eigenvalue weighted by atomic mass is 15.3. The van der Waals surface area contributed by atoms with Crippen LogP contribution in [0.1, 0.15) is 0 Å². The minimum Gasteiger partial charge on any atom is -0.344 e. The molecule has 0 bridgehead atoms. The van der Waals surface area contributed by atoms with Gasteiger partial charge in [0.15, 0.2) is 5.96 Å². The van der Waals surface area contributed by atoms with Gasteiger partial charge in [-0.15, -0.1) is 0 Å². The number of aliphatic imine (C=N–C) groups is 1. The van der Waals surface area contributed by atoms with Crippen LogP contribution < -0.4 is 5.32 Å². The van der Waals surface area contributed by atoms with Gasteiger partial charge in [0.1, 0.15) is 0 Å². The molecule has 3 nitrogen and oxygen atoms in total. The summed E-state index contributed by atoms with van der Waals surface area (Å²) in [5.41, 5.74) is 1.09. The lowest BCUT2D eigenvalue weighted by molar-refractivity contribution is 0.555. The summed E-state index contributed by atoms with van der Waals surface area (Å²) < 4.78 is 0. The number of rotatable bonds is 1. The maximum absolute atomic E-state index is 4.34. The molecule has 0 spiro atoms. The molecular formula is C10H13N3. The summed E-state index contributed by atoms with van der Waals surface area (Å²) in [6.07, 6.45) is 0. The second kappa shape index (κ2) is 3.47. The Balaban J connectivity index is 2.06. The van der Waals surface area contributed by atoms with Gasteiger partial charge in [-0.2, -0.15) is 0 Å². The number of hydrogen-bond donors (Lipinski definition) is 1. The predicted octanol–water partition coefficient (Wildman–Crippen LogP) is 1.40. The summed E-state index contributed by atoms with van der Waals surface area (Å²) in [7, 11) is 2.04. The third kappa shape index (κ3) is 1.80. The van der Waals surface area contributed by atoms with Crippen molar-refractivity contribution in [3.63, 3.8) is 0 Å². The van der Waals surface area contributed by atoms with Crippen molar-refractivity contribution in [2.45, 2.75) is 0 Å². The van der Waals surface area contributed by atoms with Gasteiger partial charge in [-0.1, -0.05) is 18.2 Å². The van der Waals surface area contributed by atoms with Gasteiger partial charge < -0.3 is 10.2 Å². The number of benzene rings is 1. The maximum atomic E-state index is 4.34. The van der Waals surface area contributed by atoms with Crippen LogP contribution in [0.5, 0.6) is 0 Å². The lowest BCUT2D eigenvalue weighted by atomic mass is 10.3. The number of hydrogen-bond acceptors (Lipinski definition) is 3. The molecule has 13 heavy (non-hydrogen) atoms. The van der Waals surface area contributed by atoms with Crippen molar-refractivity contribution in [1.29, 1.82) is 0 Å². The van der Waals surface area contributed by atoms with Gasteiger partial charge >= 0.3 is 0 Å². The largest absolute Gasteiger partial charge is 0.344 e. The van der Waals surface area contributed by atoms with E-state index in [1.165, 1.54) is 0 Å². The topological polar surface area (TPSA) is 27.6 Å². The van der Waals surface area contributed by atoms with Gasteiger partial charge in [-0.25, -0.2) is 0 Å². The Kier molecular flexibility index (Phi) is 2.17. The summed E-state index contributed by atoms with van der Waals surface area (Å²) in [6.45, 7) is 1.90. The van der Waals surface area contributed by atoms with Crippen LogP contribution in [0.2, 0.25) is 0 Å². The van der Waals surface area contributed by atoms with Crippen molar-refractivity contribution in [2.24, 2.45) is 4.99 Å². The van der Waals surface area contributed by atoms with Crippen molar-refractivity contribution in [2.75, 3.05) is 25.5 Å². The molecule has 68 valence electrons. The van der Waals surface area contributed by atoms with Crippen LogP contribution in [0.25, 0.3) is 0 Å². The lowest BCUT2D eigenvalue weighted by Crippen LogP contribution is -2.28. The minimum absolute atomic E-state index is 0.895. The Labute approximate surface area is 78.1 Å². The maximum Gasteiger partial charge on any atom is 0.198 e. The molecule has 3 heteroatoms. The molecule has 0 amide bonds. The number of para-hydroxylation sites is 1. The van der Waals surface area contributed by atoms with Gasteiger partial charge in [-0.05, 0) is 12.1 Å². The van der Waals surface area contributed by atoms with E-state index in [4.69, 9.17) is 0 Å². The Hall–Kier alpha value is -1.51. The number of likely N-dealkylation sites (N-methyl/N-ethyl adjacent to an activating group) is 1. The van der Waals surface area contributed by atoms with Crippen molar-refractivity contribution in [3.8, 4) is 0 Å². The third-order valence-electron chi connectivity index (χ3n) is 2.09. The Bertz CT molecular complexity index is 305. The third-order valence-corrected chi connectivity index (χ3v) is 2.09. The van der Waals surface area contributed by atoms with E-state index >= 15 is 0 Å². The Morgan fingerprint density at radius 2 is 2.08 bits per heavy atom. The highest BCUT2D eigenvalue weighted by molar-refractivity contribution is 5.94. The molecule has 1 aromatic rings. The molecule has 0 atom stereocenters. The van der Waals surface area contributed by atoms with E-state index < -0.39 is 0 Å². The second-order valence-electron chi connectivity index (χ2n) is 3.12. The molecular weight excluding hydrogens is 162 g/mol. The second-order valence-corrected chi connectivity index (χ2v) is 3.12. The fourth-order valence-corrected chi connectivity index (χ4v) is 1.32. The molecule has 1 heterocycles. The molecule has 0 fully saturated rings. The van der Waals surface area contributed by atoms with Gasteiger partial charge in [0.2, 0.25) is 0 Å². The first-order chi connectivity index (χ1) is 6.36. The van der Waals surface area contributed by atoms with E-state index in [1.807, 2.05) is 37.4 Å². The van der Waals surface area contributed by atoms with Crippen LogP contribution in [-0.2, 0) is 0 Å². The smallest absolute Gasteiger partial charge is 0.198 e. The molecule has 0 aromatic heterocycles. The van der Waals surface area contributed by atoms with Gasteiger partial charge in [0.25, 0.3) is 0 Å². The van der Waals surface area contributed by atoms with Crippen LogP contribution in [0.3, 0.4) is 0 Å². The van der Waals surface area contributed by atoms with Gasteiger partial charge in [-0.3, -0.25) is 4.99 Å². The minimum atomic E-state index is 0.895. The first-order valence-corrected chi connectivity index (χ1v) is 4.44. The summed E-state index contributed by atoms with van der Waals surface area (Å²) >= 11 is 0. The first-order valence-electron chi connectivity index (χ1n) is 4.44. The molecule has 0 saturated heterocycles. The Morgan fingerprint density at radius 1 is 1.31 bits per heavy atom. The fourth-order valence-electron chi connectivity index (χ4n) is 1.32. The molecule has 0 aliphatic carbocycles. The molecule has 2 rings (SSSR count). The van der Waals surface area contributed by atoms with E-state index in [0.29, 0.717) is 0 Å². The number of nitrogens with zero attached hydrogens (tertiary/aromatic N) is 2. The Morgan fingerprint density at radius 3 is 2.69 bits per heavy atom. The standard InChI is InChI=1S/C10H13N3/c1-13-8-7-11-10(13)12-9-5-3-2-4-6-9/h2-6H,7-8H2,1H3,(H,11,12). The van der Waals surface area contributed by atoms with Crippen molar-refractivity contribution in [3.05, 3.63) is 30.3 Å². The predicted molar refractivity (Wildman–Crippen MR) is 55.0 cm³/mol. The van der Waals surface area contributed by atoms with E-state index in [1.54, 1.807) is 0 Å². The number of anilines is 1. The lowest BCUT2D eigenvalue weighted by Gasteiger charge is -2.14. The SMILES string of the molecule is CN1CCN=C1Nc1ccccc1. The zero-order valence-corrected chi connectivity index (χ0v) is 7.70. The van der Waals surface area contributed by atoms with Gasteiger partial charge in [0.05, 0.1) is 6.54 Å². The van der Waals surface area contributed by atoms with Crippen LogP contribution in [0.4, 0.5) is 5.69 Å². The summed E-state index contributed by atoms with van der Waals surface area (Å²) in [4.78, 5) is 6.46. The summed E-state index contributed by atoms with van der Waals surface area (Å²) in [5.74, 6) is 0.964. The first kappa shape index (κ1) is 8.10. The van der Waals surface area contributed by atoms with Crippen LogP contribution in [0.15, 0.2) is 35.3 Å². The highest BCUT2D eigenvalue weighted by Gasteiger charge is 2.11. The molecule has 0 radical (unpaired) electrons. The zero-order valence-electron chi connectivity index (χ0n) is 7.70. The number of guanidine groups is 1. The van der Waals surface area contributed by atoms with Crippen molar-refractivity contribution in [1.82, 2.24) is 4.90 Å². The normalized spacial score (nSPS) is 15.8. The van der Waals surface area contributed by atoms with Crippen LogP contribution in [0, 0.1) is 0 Å². The zero-order chi connectivity index (χ0) is 9.10. The summed E-state index contributed by atoms with van der Waals surface area (Å²) in [5, 5.41) is 3.27.